The fraction of sp³-hybridized carbons (Fsp3) is 0.250. The van der Waals surface area contributed by atoms with Crippen molar-refractivity contribution >= 4 is 22.7 Å². The lowest BCUT2D eigenvalue weighted by Gasteiger charge is -2.05. The van der Waals surface area contributed by atoms with Crippen LogP contribution in [0.25, 0.3) is 0 Å². The minimum absolute atomic E-state index is 0.0187. The van der Waals surface area contributed by atoms with Crippen molar-refractivity contribution in [1.29, 1.82) is 0 Å². The number of hydrogen-bond acceptors (Lipinski definition) is 5. The Bertz CT molecular complexity index is 398. The van der Waals surface area contributed by atoms with Crippen LogP contribution in [0.15, 0.2) is 24.3 Å². The van der Waals surface area contributed by atoms with E-state index in [2.05, 4.69) is 9.50 Å². The van der Waals surface area contributed by atoms with E-state index < -0.39 is 16.3 Å². The summed E-state index contributed by atoms with van der Waals surface area (Å²) in [6.45, 7) is 0.187. The highest BCUT2D eigenvalue weighted by molar-refractivity contribution is 7.74. The van der Waals surface area contributed by atoms with Gasteiger partial charge in [0.2, 0.25) is 0 Å². The molecule has 0 fully saturated rings. The van der Waals surface area contributed by atoms with Crippen LogP contribution < -0.4 is 5.32 Å². The molecule has 0 bridgehead atoms. The Morgan fingerprint density at radius 1 is 1.50 bits per heavy atom. The summed E-state index contributed by atoms with van der Waals surface area (Å²) >= 11 is -2.31. The van der Waals surface area contributed by atoms with Gasteiger partial charge in [-0.1, -0.05) is 12.1 Å². The van der Waals surface area contributed by atoms with E-state index in [1.54, 1.807) is 18.2 Å². The van der Waals surface area contributed by atoms with Crippen LogP contribution in [0.4, 0.5) is 11.4 Å². The standard InChI is InChI=1S/C8H10N2O5S/c11-10(12)8-4-2-1-3-7(8)9-5-6-15-16(13)14/h1-4,9H,5-6H2,(H,13,14). The third kappa shape index (κ3) is 3.93. The maximum absolute atomic E-state index is 10.6. The molecule has 7 nitrogen and oxygen atoms in total. The average Bonchev–Trinajstić information content (AvgIpc) is 2.24. The van der Waals surface area contributed by atoms with Crippen molar-refractivity contribution in [3.05, 3.63) is 34.4 Å². The largest absolute Gasteiger partial charge is 0.377 e. The maximum atomic E-state index is 10.6. The molecule has 0 heterocycles. The van der Waals surface area contributed by atoms with Gasteiger partial charge in [-0.05, 0) is 6.07 Å². The number of nitro benzene ring substituents is 1. The minimum Gasteiger partial charge on any atom is -0.377 e. The van der Waals surface area contributed by atoms with Crippen LogP contribution >= 0.6 is 0 Å². The van der Waals surface area contributed by atoms with Crippen molar-refractivity contribution in [2.45, 2.75) is 0 Å². The number of para-hydroxylation sites is 2. The molecule has 0 aromatic heterocycles. The van der Waals surface area contributed by atoms with Gasteiger partial charge in [-0.3, -0.25) is 18.9 Å². The summed E-state index contributed by atoms with van der Waals surface area (Å²) < 4.78 is 22.8. The van der Waals surface area contributed by atoms with E-state index >= 15 is 0 Å². The summed E-state index contributed by atoms with van der Waals surface area (Å²) in [4.78, 5) is 10.1. The van der Waals surface area contributed by atoms with Crippen LogP contribution in [0, 0.1) is 10.1 Å². The maximum Gasteiger partial charge on any atom is 0.301 e. The van der Waals surface area contributed by atoms with Crippen LogP contribution in [-0.2, 0) is 15.5 Å². The monoisotopic (exact) mass is 246 g/mol. The topological polar surface area (TPSA) is 102 Å². The molecule has 0 aliphatic heterocycles. The molecular weight excluding hydrogens is 236 g/mol. The van der Waals surface area contributed by atoms with E-state index in [0.29, 0.717) is 5.69 Å². The second kappa shape index (κ2) is 6.16. The minimum atomic E-state index is -2.31. The zero-order valence-electron chi connectivity index (χ0n) is 8.16. The summed E-state index contributed by atoms with van der Waals surface area (Å²) in [5.41, 5.74) is 0.299. The Morgan fingerprint density at radius 2 is 2.19 bits per heavy atom. The smallest absolute Gasteiger partial charge is 0.301 e. The first-order chi connectivity index (χ1) is 7.61. The fourth-order valence-corrected chi connectivity index (χ4v) is 1.31. The molecule has 0 spiro atoms. The molecule has 8 heteroatoms. The molecule has 0 saturated carbocycles. The summed E-state index contributed by atoms with van der Waals surface area (Å²) in [6.07, 6.45) is 0. The fourth-order valence-electron chi connectivity index (χ4n) is 1.08. The van der Waals surface area contributed by atoms with Gasteiger partial charge in [-0.25, -0.2) is 0 Å². The first kappa shape index (κ1) is 12.6. The second-order valence-electron chi connectivity index (χ2n) is 2.74. The van der Waals surface area contributed by atoms with Crippen LogP contribution in [0.5, 0.6) is 0 Å². The van der Waals surface area contributed by atoms with E-state index in [4.69, 9.17) is 4.55 Å². The van der Waals surface area contributed by atoms with Gasteiger partial charge in [0.1, 0.15) is 5.69 Å². The Kier molecular flexibility index (Phi) is 4.83. The molecule has 0 aliphatic rings. The highest BCUT2D eigenvalue weighted by Gasteiger charge is 2.11. The van der Waals surface area contributed by atoms with Crippen molar-refractivity contribution in [2.75, 3.05) is 18.5 Å². The zero-order valence-corrected chi connectivity index (χ0v) is 8.98. The van der Waals surface area contributed by atoms with Gasteiger partial charge in [0.15, 0.2) is 0 Å². The number of benzene rings is 1. The molecule has 0 aliphatic carbocycles. The third-order valence-electron chi connectivity index (χ3n) is 1.70. The summed E-state index contributed by atoms with van der Waals surface area (Å²) in [5.74, 6) is 0. The number of hydrogen-bond donors (Lipinski definition) is 2. The molecule has 88 valence electrons. The van der Waals surface area contributed by atoms with Crippen molar-refractivity contribution in [3.8, 4) is 0 Å². The Labute approximate surface area is 94.1 Å². The molecule has 1 aromatic rings. The van der Waals surface area contributed by atoms with Gasteiger partial charge in [-0.15, -0.1) is 0 Å². The zero-order chi connectivity index (χ0) is 12.0. The van der Waals surface area contributed by atoms with Gasteiger partial charge in [0.05, 0.1) is 11.5 Å². The van der Waals surface area contributed by atoms with Crippen LogP contribution in [0.2, 0.25) is 0 Å². The Hall–Kier alpha value is -1.51. The van der Waals surface area contributed by atoms with E-state index in [1.165, 1.54) is 6.07 Å². The first-order valence-electron chi connectivity index (χ1n) is 4.32. The summed E-state index contributed by atoms with van der Waals surface area (Å²) in [6, 6.07) is 6.13. The molecule has 1 unspecified atom stereocenters. The average molecular weight is 246 g/mol. The van der Waals surface area contributed by atoms with Crippen molar-refractivity contribution in [3.63, 3.8) is 0 Å². The van der Waals surface area contributed by atoms with Crippen molar-refractivity contribution in [2.24, 2.45) is 0 Å². The third-order valence-corrected chi connectivity index (χ3v) is 2.07. The first-order valence-corrected chi connectivity index (χ1v) is 5.36. The molecule has 0 radical (unpaired) electrons. The quantitative estimate of drug-likeness (QED) is 0.338. The summed E-state index contributed by atoms with van der Waals surface area (Å²) in [7, 11) is 0. The molecular formula is C8H10N2O5S. The van der Waals surface area contributed by atoms with Crippen molar-refractivity contribution < 1.29 is 17.9 Å². The lowest BCUT2D eigenvalue weighted by molar-refractivity contribution is -0.384. The van der Waals surface area contributed by atoms with Gasteiger partial charge in [0, 0.05) is 12.6 Å². The Morgan fingerprint density at radius 3 is 2.81 bits per heavy atom. The highest BCUT2D eigenvalue weighted by atomic mass is 32.2. The van der Waals surface area contributed by atoms with Crippen LogP contribution in [0.3, 0.4) is 0 Å². The molecule has 1 aromatic carbocycles. The Balaban J connectivity index is 2.53. The predicted octanol–water partition coefficient (Wildman–Crippen LogP) is 1.16. The molecule has 2 N–H and O–H groups in total. The van der Waals surface area contributed by atoms with E-state index in [-0.39, 0.29) is 18.8 Å². The van der Waals surface area contributed by atoms with E-state index in [1.807, 2.05) is 0 Å². The van der Waals surface area contributed by atoms with Crippen LogP contribution in [-0.4, -0.2) is 26.8 Å². The SMILES string of the molecule is O=[N+]([O-])c1ccccc1NCCOS(=O)O. The molecule has 0 amide bonds. The number of rotatable bonds is 6. The molecule has 16 heavy (non-hydrogen) atoms. The van der Waals surface area contributed by atoms with Gasteiger partial charge in [-0.2, -0.15) is 4.21 Å². The van der Waals surface area contributed by atoms with Crippen molar-refractivity contribution in [1.82, 2.24) is 0 Å². The van der Waals surface area contributed by atoms with Gasteiger partial charge < -0.3 is 5.32 Å². The number of anilines is 1. The lowest BCUT2D eigenvalue weighted by Crippen LogP contribution is -2.11. The van der Waals surface area contributed by atoms with E-state index in [9.17, 15) is 14.3 Å². The number of nitrogens with one attached hydrogen (secondary N) is 1. The molecule has 0 saturated heterocycles. The molecule has 1 rings (SSSR count). The normalized spacial score (nSPS) is 12.1. The van der Waals surface area contributed by atoms with Crippen LogP contribution in [0.1, 0.15) is 0 Å². The van der Waals surface area contributed by atoms with Gasteiger partial charge >= 0.3 is 11.4 Å². The lowest BCUT2D eigenvalue weighted by atomic mass is 10.2. The summed E-state index contributed by atoms with van der Waals surface area (Å²) in [5, 5.41) is 13.3. The molecule has 1 atom stereocenters. The number of nitrogens with zero attached hydrogens (tertiary/aromatic N) is 1. The van der Waals surface area contributed by atoms with E-state index in [0.717, 1.165) is 0 Å². The highest BCUT2D eigenvalue weighted by Crippen LogP contribution is 2.22. The second-order valence-corrected chi connectivity index (χ2v) is 3.41. The van der Waals surface area contributed by atoms with Gasteiger partial charge in [0.25, 0.3) is 5.69 Å². The predicted molar refractivity (Wildman–Crippen MR) is 58.3 cm³/mol. The number of nitro groups is 1.